The molecule has 144 valence electrons. The van der Waals surface area contributed by atoms with Gasteiger partial charge in [0.2, 0.25) is 11.7 Å². The van der Waals surface area contributed by atoms with Crippen molar-refractivity contribution in [2.75, 3.05) is 7.05 Å². The van der Waals surface area contributed by atoms with Crippen molar-refractivity contribution in [1.82, 2.24) is 20.8 Å². The number of hydrogen-bond donors (Lipinski definition) is 2. The van der Waals surface area contributed by atoms with Crippen molar-refractivity contribution >= 4 is 41.5 Å². The van der Waals surface area contributed by atoms with Crippen molar-refractivity contribution < 1.29 is 8.94 Å². The first-order valence-electron chi connectivity index (χ1n) is 8.17. The van der Waals surface area contributed by atoms with Crippen LogP contribution < -0.4 is 10.6 Å². The second kappa shape index (κ2) is 9.75. The molecule has 1 atom stereocenters. The zero-order valence-electron chi connectivity index (χ0n) is 15.2. The van der Waals surface area contributed by atoms with E-state index in [0.717, 1.165) is 17.1 Å². The Morgan fingerprint density at radius 1 is 1.22 bits per heavy atom. The third-order valence-electron chi connectivity index (χ3n) is 3.74. The maximum atomic E-state index is 5.89. The molecule has 2 N–H and O–H groups in total. The topological polar surface area (TPSA) is 88.5 Å². The molecule has 3 aromatic rings. The van der Waals surface area contributed by atoms with Gasteiger partial charge in [0.25, 0.3) is 0 Å². The Labute approximate surface area is 179 Å². The molecule has 0 aliphatic carbocycles. The van der Waals surface area contributed by atoms with E-state index in [1.54, 1.807) is 19.2 Å². The number of aryl methyl sites for hydroxylation is 1. The standard InChI is InChI=1S/C18H20ClN5O2.HI/c1-11-4-9-15(25-11)12(2)22-18(20-3)21-10-16-23-17(24-26-16)13-5-7-14(19)8-6-13;/h4-9,12H,10H2,1-3H3,(H2,20,21,22);1H. The van der Waals surface area contributed by atoms with Crippen LogP contribution in [0.4, 0.5) is 0 Å². The van der Waals surface area contributed by atoms with Gasteiger partial charge in [-0.1, -0.05) is 16.8 Å². The van der Waals surface area contributed by atoms with Crippen molar-refractivity contribution in [3.8, 4) is 11.4 Å². The molecule has 0 amide bonds. The van der Waals surface area contributed by atoms with Gasteiger partial charge in [-0.25, -0.2) is 0 Å². The van der Waals surface area contributed by atoms with Gasteiger partial charge < -0.3 is 19.6 Å². The van der Waals surface area contributed by atoms with Gasteiger partial charge in [0, 0.05) is 17.6 Å². The van der Waals surface area contributed by atoms with Crippen LogP contribution in [-0.2, 0) is 6.54 Å². The SMILES string of the molecule is CN=C(NCc1nc(-c2ccc(Cl)cc2)no1)NC(C)c1ccc(C)o1.I. The Bertz CT molecular complexity index is 891. The number of rotatable bonds is 5. The maximum Gasteiger partial charge on any atom is 0.246 e. The highest BCUT2D eigenvalue weighted by atomic mass is 127. The Kier molecular flexibility index (Phi) is 7.66. The summed E-state index contributed by atoms with van der Waals surface area (Å²) in [7, 11) is 1.70. The summed E-state index contributed by atoms with van der Waals surface area (Å²) in [6, 6.07) is 11.1. The molecular formula is C18H21ClIN5O2. The van der Waals surface area contributed by atoms with E-state index in [1.807, 2.05) is 38.1 Å². The summed E-state index contributed by atoms with van der Waals surface area (Å²) in [5.74, 6) is 3.29. The first-order valence-corrected chi connectivity index (χ1v) is 8.55. The van der Waals surface area contributed by atoms with E-state index in [9.17, 15) is 0 Å². The normalized spacial score (nSPS) is 12.4. The molecule has 0 aliphatic heterocycles. The minimum atomic E-state index is -0.0257. The van der Waals surface area contributed by atoms with Crippen LogP contribution in [0.3, 0.4) is 0 Å². The van der Waals surface area contributed by atoms with Crippen LogP contribution in [0.2, 0.25) is 5.02 Å². The summed E-state index contributed by atoms with van der Waals surface area (Å²) < 4.78 is 10.9. The summed E-state index contributed by atoms with van der Waals surface area (Å²) in [6.45, 7) is 4.26. The van der Waals surface area contributed by atoms with Gasteiger partial charge in [0.1, 0.15) is 11.5 Å². The van der Waals surface area contributed by atoms with E-state index in [1.165, 1.54) is 0 Å². The van der Waals surface area contributed by atoms with Crippen molar-refractivity contribution in [2.45, 2.75) is 26.4 Å². The summed E-state index contributed by atoms with van der Waals surface area (Å²) >= 11 is 5.89. The molecule has 0 saturated carbocycles. The molecule has 0 bridgehead atoms. The van der Waals surface area contributed by atoms with Gasteiger partial charge in [-0.05, 0) is 50.2 Å². The lowest BCUT2D eigenvalue weighted by molar-refractivity contribution is 0.374. The fourth-order valence-corrected chi connectivity index (χ4v) is 2.49. The van der Waals surface area contributed by atoms with E-state index in [2.05, 4.69) is 25.8 Å². The van der Waals surface area contributed by atoms with E-state index < -0.39 is 0 Å². The average molecular weight is 502 g/mol. The predicted molar refractivity (Wildman–Crippen MR) is 115 cm³/mol. The van der Waals surface area contributed by atoms with E-state index >= 15 is 0 Å². The number of benzene rings is 1. The molecule has 27 heavy (non-hydrogen) atoms. The minimum Gasteiger partial charge on any atom is -0.464 e. The number of halogens is 2. The molecule has 9 heteroatoms. The van der Waals surface area contributed by atoms with Crippen LogP contribution in [0.1, 0.15) is 30.4 Å². The summed E-state index contributed by atoms with van der Waals surface area (Å²) in [5, 5.41) is 11.0. The van der Waals surface area contributed by atoms with Gasteiger partial charge in [-0.2, -0.15) is 4.98 Å². The van der Waals surface area contributed by atoms with Crippen LogP contribution in [0.25, 0.3) is 11.4 Å². The largest absolute Gasteiger partial charge is 0.464 e. The zero-order chi connectivity index (χ0) is 18.5. The number of nitrogens with zero attached hydrogens (tertiary/aromatic N) is 3. The minimum absolute atomic E-state index is 0. The van der Waals surface area contributed by atoms with Gasteiger partial charge in [-0.15, -0.1) is 24.0 Å². The lowest BCUT2D eigenvalue weighted by Gasteiger charge is -2.15. The summed E-state index contributed by atoms with van der Waals surface area (Å²) in [5.41, 5.74) is 0.841. The van der Waals surface area contributed by atoms with Crippen molar-refractivity contribution in [1.29, 1.82) is 0 Å². The number of aromatic nitrogens is 2. The molecule has 2 aromatic heterocycles. The molecule has 1 aromatic carbocycles. The predicted octanol–water partition coefficient (Wildman–Crippen LogP) is 4.34. The van der Waals surface area contributed by atoms with Gasteiger partial charge in [0.15, 0.2) is 5.96 Å². The van der Waals surface area contributed by atoms with Gasteiger partial charge in [0.05, 0.1) is 12.6 Å². The lowest BCUT2D eigenvalue weighted by Crippen LogP contribution is -2.38. The Balaban J connectivity index is 0.00000261. The molecule has 0 radical (unpaired) electrons. The Morgan fingerprint density at radius 3 is 2.59 bits per heavy atom. The summed E-state index contributed by atoms with van der Waals surface area (Å²) in [6.07, 6.45) is 0. The number of nitrogens with one attached hydrogen (secondary N) is 2. The molecule has 0 spiro atoms. The molecule has 0 saturated heterocycles. The Morgan fingerprint density at radius 2 is 1.96 bits per heavy atom. The van der Waals surface area contributed by atoms with Crippen LogP contribution in [0, 0.1) is 6.92 Å². The summed E-state index contributed by atoms with van der Waals surface area (Å²) in [4.78, 5) is 8.57. The highest BCUT2D eigenvalue weighted by molar-refractivity contribution is 14.0. The molecule has 7 nitrogen and oxygen atoms in total. The molecule has 0 fully saturated rings. The van der Waals surface area contributed by atoms with E-state index in [4.69, 9.17) is 20.5 Å². The lowest BCUT2D eigenvalue weighted by atomic mass is 10.2. The van der Waals surface area contributed by atoms with Crippen LogP contribution >= 0.6 is 35.6 Å². The molecule has 3 rings (SSSR count). The highest BCUT2D eigenvalue weighted by Gasteiger charge is 2.13. The fraction of sp³-hybridized carbons (Fsp3) is 0.278. The zero-order valence-corrected chi connectivity index (χ0v) is 18.3. The van der Waals surface area contributed by atoms with Crippen molar-refractivity contribution in [2.24, 2.45) is 4.99 Å². The number of hydrogen-bond acceptors (Lipinski definition) is 5. The first kappa shape index (κ1) is 21.2. The number of furan rings is 1. The van der Waals surface area contributed by atoms with Gasteiger partial charge in [-0.3, -0.25) is 4.99 Å². The second-order valence-electron chi connectivity index (χ2n) is 5.76. The average Bonchev–Trinajstić information content (AvgIpc) is 3.28. The van der Waals surface area contributed by atoms with Crippen LogP contribution in [0.15, 0.2) is 50.3 Å². The first-order chi connectivity index (χ1) is 12.5. The molecule has 1 unspecified atom stereocenters. The fourth-order valence-electron chi connectivity index (χ4n) is 2.36. The monoisotopic (exact) mass is 501 g/mol. The van der Waals surface area contributed by atoms with Crippen LogP contribution in [-0.4, -0.2) is 23.1 Å². The third kappa shape index (κ3) is 5.70. The molecule has 0 aliphatic rings. The van der Waals surface area contributed by atoms with Crippen molar-refractivity contribution in [3.63, 3.8) is 0 Å². The second-order valence-corrected chi connectivity index (χ2v) is 6.20. The highest BCUT2D eigenvalue weighted by Crippen LogP contribution is 2.18. The molecule has 2 heterocycles. The van der Waals surface area contributed by atoms with E-state index in [-0.39, 0.29) is 30.0 Å². The van der Waals surface area contributed by atoms with Crippen molar-refractivity contribution in [3.05, 3.63) is 58.8 Å². The van der Waals surface area contributed by atoms with Gasteiger partial charge >= 0.3 is 0 Å². The number of guanidine groups is 1. The Hall–Kier alpha value is -2.07. The van der Waals surface area contributed by atoms with Crippen LogP contribution in [0.5, 0.6) is 0 Å². The number of aliphatic imine (C=N–C) groups is 1. The maximum absolute atomic E-state index is 5.89. The quantitative estimate of drug-likeness (QED) is 0.307. The van der Waals surface area contributed by atoms with E-state index in [0.29, 0.717) is 29.2 Å². The third-order valence-corrected chi connectivity index (χ3v) is 3.99. The smallest absolute Gasteiger partial charge is 0.246 e. The molecular weight excluding hydrogens is 481 g/mol.